The molecule has 1 unspecified atom stereocenters. The van der Waals surface area contributed by atoms with Crippen LogP contribution in [0.15, 0.2) is 42.7 Å². The second-order valence-electron chi connectivity index (χ2n) is 5.68. The van der Waals surface area contributed by atoms with Gasteiger partial charge >= 0.3 is 6.61 Å². The van der Waals surface area contributed by atoms with Crippen molar-refractivity contribution in [3.63, 3.8) is 0 Å². The number of pyridine rings is 2. The van der Waals surface area contributed by atoms with Gasteiger partial charge in [-0.2, -0.15) is 8.78 Å². The fourth-order valence-corrected chi connectivity index (χ4v) is 2.93. The lowest BCUT2D eigenvalue weighted by Gasteiger charge is -2.16. The van der Waals surface area contributed by atoms with Crippen LogP contribution in [0.25, 0.3) is 0 Å². The maximum Gasteiger partial charge on any atom is 0.388 e. The van der Waals surface area contributed by atoms with E-state index in [0.29, 0.717) is 0 Å². The Morgan fingerprint density at radius 2 is 2.17 bits per heavy atom. The number of hydrogen-bond donors (Lipinski definition) is 0. The predicted octanol–water partition coefficient (Wildman–Crippen LogP) is 3.11. The monoisotopic (exact) mass is 319 g/mol. The molecule has 122 valence electrons. The maximum absolute atomic E-state index is 12.3. The largest absolute Gasteiger partial charge is 0.417 e. The van der Waals surface area contributed by atoms with Crippen molar-refractivity contribution >= 4 is 0 Å². The van der Waals surface area contributed by atoms with E-state index in [9.17, 15) is 8.78 Å². The highest BCUT2D eigenvalue weighted by Crippen LogP contribution is 2.27. The third-order valence-corrected chi connectivity index (χ3v) is 4.09. The minimum atomic E-state index is -2.84. The summed E-state index contributed by atoms with van der Waals surface area (Å²) in [7, 11) is 0. The van der Waals surface area contributed by atoms with Crippen LogP contribution in [0.3, 0.4) is 0 Å². The molecule has 3 rings (SSSR count). The molecule has 2 aromatic heterocycles. The number of alkyl halides is 2. The molecule has 1 saturated heterocycles. The Kier molecular flexibility index (Phi) is 5.12. The summed E-state index contributed by atoms with van der Waals surface area (Å²) in [5.74, 6) is 0.261. The van der Waals surface area contributed by atoms with Crippen molar-refractivity contribution in [2.45, 2.75) is 25.4 Å². The molecule has 0 amide bonds. The first-order valence-electron chi connectivity index (χ1n) is 7.74. The molecule has 1 aliphatic rings. The van der Waals surface area contributed by atoms with Gasteiger partial charge in [-0.05, 0) is 37.1 Å². The molecular weight excluding hydrogens is 300 g/mol. The van der Waals surface area contributed by atoms with Gasteiger partial charge in [0, 0.05) is 43.2 Å². The highest BCUT2D eigenvalue weighted by atomic mass is 19.3. The van der Waals surface area contributed by atoms with Crippen molar-refractivity contribution in [2.24, 2.45) is 0 Å². The topological polar surface area (TPSA) is 38.2 Å². The lowest BCUT2D eigenvalue weighted by molar-refractivity contribution is -0.0529. The van der Waals surface area contributed by atoms with Crippen molar-refractivity contribution in [3.05, 3.63) is 54.0 Å². The Balaban J connectivity index is 1.55. The van der Waals surface area contributed by atoms with E-state index in [4.69, 9.17) is 0 Å². The molecular formula is C17H19F2N3O. The van der Waals surface area contributed by atoms with Crippen LogP contribution in [0.1, 0.15) is 23.6 Å². The van der Waals surface area contributed by atoms with Crippen molar-refractivity contribution in [2.75, 3.05) is 19.6 Å². The van der Waals surface area contributed by atoms with E-state index in [1.54, 1.807) is 12.3 Å². The predicted molar refractivity (Wildman–Crippen MR) is 82.6 cm³/mol. The molecule has 1 atom stereocenters. The highest BCUT2D eigenvalue weighted by molar-refractivity contribution is 5.20. The molecule has 0 aromatic carbocycles. The van der Waals surface area contributed by atoms with Crippen molar-refractivity contribution in [3.8, 4) is 5.88 Å². The zero-order valence-corrected chi connectivity index (χ0v) is 12.7. The molecule has 0 bridgehead atoms. The zero-order chi connectivity index (χ0) is 16.1. The summed E-state index contributed by atoms with van der Waals surface area (Å²) in [6.45, 7) is 0.0187. The molecule has 0 saturated carbocycles. The lowest BCUT2D eigenvalue weighted by atomic mass is 10.0. The van der Waals surface area contributed by atoms with Crippen LogP contribution in [0.5, 0.6) is 5.88 Å². The Bertz CT molecular complexity index is 624. The summed E-state index contributed by atoms with van der Waals surface area (Å²) < 4.78 is 28.9. The molecule has 4 nitrogen and oxygen atoms in total. The standard InChI is InChI=1S/C17H19F2N3O/c18-17(19)23-16-5-1-4-15(21-16)14-7-10-22(12-14)9-6-13-3-2-8-20-11-13/h1-5,8,11,14,17H,6-7,9-10,12H2. The number of nitrogens with zero attached hydrogens (tertiary/aromatic N) is 3. The third-order valence-electron chi connectivity index (χ3n) is 4.09. The quantitative estimate of drug-likeness (QED) is 0.820. The van der Waals surface area contributed by atoms with Crippen LogP contribution in [0.4, 0.5) is 8.78 Å². The number of halogens is 2. The second kappa shape index (κ2) is 7.46. The van der Waals surface area contributed by atoms with E-state index >= 15 is 0 Å². The van der Waals surface area contributed by atoms with Crippen LogP contribution in [-0.4, -0.2) is 41.1 Å². The van der Waals surface area contributed by atoms with Gasteiger partial charge in [-0.15, -0.1) is 0 Å². The zero-order valence-electron chi connectivity index (χ0n) is 12.7. The Hall–Kier alpha value is -2.08. The van der Waals surface area contributed by atoms with E-state index < -0.39 is 6.61 Å². The van der Waals surface area contributed by atoms with E-state index in [1.165, 1.54) is 11.6 Å². The molecule has 0 radical (unpaired) electrons. The molecule has 2 aromatic rings. The molecule has 1 aliphatic heterocycles. The lowest BCUT2D eigenvalue weighted by Crippen LogP contribution is -2.23. The van der Waals surface area contributed by atoms with Gasteiger partial charge in [-0.3, -0.25) is 4.98 Å². The Labute approximate surface area is 134 Å². The molecule has 1 fully saturated rings. The first-order chi connectivity index (χ1) is 11.2. The molecule has 0 N–H and O–H groups in total. The fourth-order valence-electron chi connectivity index (χ4n) is 2.93. The van der Waals surface area contributed by atoms with Crippen LogP contribution < -0.4 is 4.74 Å². The van der Waals surface area contributed by atoms with Gasteiger partial charge < -0.3 is 9.64 Å². The summed E-state index contributed by atoms with van der Waals surface area (Å²) >= 11 is 0. The molecule has 0 spiro atoms. The average Bonchev–Trinajstić information content (AvgIpc) is 3.03. The number of rotatable bonds is 6. The van der Waals surface area contributed by atoms with Crippen molar-refractivity contribution in [1.29, 1.82) is 0 Å². The molecule has 6 heteroatoms. The van der Waals surface area contributed by atoms with Gasteiger partial charge in [0.1, 0.15) is 0 Å². The fraction of sp³-hybridized carbons (Fsp3) is 0.412. The van der Waals surface area contributed by atoms with Crippen molar-refractivity contribution in [1.82, 2.24) is 14.9 Å². The highest BCUT2D eigenvalue weighted by Gasteiger charge is 2.25. The van der Waals surface area contributed by atoms with Crippen LogP contribution >= 0.6 is 0 Å². The number of ether oxygens (including phenoxy) is 1. The molecule has 3 heterocycles. The third kappa shape index (κ3) is 4.45. The minimum Gasteiger partial charge on any atom is -0.417 e. The number of likely N-dealkylation sites (tertiary alicyclic amines) is 1. The SMILES string of the molecule is FC(F)Oc1cccc(C2CCN(CCc3cccnc3)C2)n1. The van der Waals surface area contributed by atoms with Gasteiger partial charge in [0.05, 0.1) is 0 Å². The summed E-state index contributed by atoms with van der Waals surface area (Å²) in [6, 6.07) is 9.09. The van der Waals surface area contributed by atoms with E-state index in [0.717, 1.165) is 38.2 Å². The molecule has 0 aliphatic carbocycles. The smallest absolute Gasteiger partial charge is 0.388 e. The number of aromatic nitrogens is 2. The Morgan fingerprint density at radius 3 is 2.96 bits per heavy atom. The average molecular weight is 319 g/mol. The van der Waals surface area contributed by atoms with Crippen LogP contribution in [0, 0.1) is 0 Å². The minimum absolute atomic E-state index is 0.00805. The van der Waals surface area contributed by atoms with Gasteiger partial charge in [0.2, 0.25) is 5.88 Å². The Morgan fingerprint density at radius 1 is 1.26 bits per heavy atom. The first-order valence-corrected chi connectivity index (χ1v) is 7.74. The van der Waals surface area contributed by atoms with E-state index in [2.05, 4.69) is 25.7 Å². The van der Waals surface area contributed by atoms with Gasteiger partial charge in [0.25, 0.3) is 0 Å². The van der Waals surface area contributed by atoms with Gasteiger partial charge in [0.15, 0.2) is 0 Å². The second-order valence-corrected chi connectivity index (χ2v) is 5.68. The summed E-state index contributed by atoms with van der Waals surface area (Å²) in [5, 5.41) is 0. The van der Waals surface area contributed by atoms with Crippen LogP contribution in [0.2, 0.25) is 0 Å². The van der Waals surface area contributed by atoms with Gasteiger partial charge in [-0.25, -0.2) is 4.98 Å². The summed E-state index contributed by atoms with van der Waals surface area (Å²) in [5.41, 5.74) is 2.05. The molecule has 23 heavy (non-hydrogen) atoms. The normalized spacial score (nSPS) is 18.5. The van der Waals surface area contributed by atoms with Crippen molar-refractivity contribution < 1.29 is 13.5 Å². The van der Waals surface area contributed by atoms with Gasteiger partial charge in [-0.1, -0.05) is 12.1 Å². The summed E-state index contributed by atoms with van der Waals surface area (Å²) in [6.07, 6.45) is 5.61. The van der Waals surface area contributed by atoms with Crippen LogP contribution in [-0.2, 0) is 6.42 Å². The van der Waals surface area contributed by atoms with E-state index in [1.807, 2.05) is 18.3 Å². The van der Waals surface area contributed by atoms with E-state index in [-0.39, 0.29) is 11.8 Å². The first kappa shape index (κ1) is 15.8. The number of hydrogen-bond acceptors (Lipinski definition) is 4. The summed E-state index contributed by atoms with van der Waals surface area (Å²) in [4.78, 5) is 10.7. The maximum atomic E-state index is 12.3.